The topological polar surface area (TPSA) is 61.1 Å². The van der Waals surface area contributed by atoms with Gasteiger partial charge in [0, 0.05) is 19.3 Å². The third-order valence-electron chi connectivity index (χ3n) is 2.36. The van der Waals surface area contributed by atoms with Gasteiger partial charge in [-0.3, -0.25) is 18.7 Å². The molecule has 0 bridgehead atoms. The lowest BCUT2D eigenvalue weighted by Gasteiger charge is -2.10. The van der Waals surface area contributed by atoms with E-state index < -0.39 is 10.8 Å². The van der Waals surface area contributed by atoms with Crippen molar-refractivity contribution in [1.82, 2.24) is 9.13 Å². The van der Waals surface area contributed by atoms with E-state index in [-0.39, 0.29) is 11.3 Å². The summed E-state index contributed by atoms with van der Waals surface area (Å²) in [5.74, 6) is 0. The molecule has 1 aromatic heterocycles. The van der Waals surface area contributed by atoms with Crippen LogP contribution in [0, 0.1) is 0 Å². The Morgan fingerprint density at radius 2 is 1.82 bits per heavy atom. The Bertz CT molecular complexity index is 530. The summed E-state index contributed by atoms with van der Waals surface area (Å²) in [7, 11) is 0. The fourth-order valence-corrected chi connectivity index (χ4v) is 1.74. The van der Waals surface area contributed by atoms with Crippen molar-refractivity contribution < 1.29 is 4.79 Å². The zero-order valence-electron chi connectivity index (χ0n) is 9.90. The Hall–Kier alpha value is -1.36. The lowest BCUT2D eigenvalue weighted by Crippen LogP contribution is -2.41. The molecule has 0 radical (unpaired) electrons. The monoisotopic (exact) mass is 258 g/mol. The highest BCUT2D eigenvalue weighted by Gasteiger charge is 2.14. The SMILES string of the molecule is CCCn1cc(C(=O)Cl)c(=O)n(CCC)c1=O. The number of carbonyl (C=O) groups is 1. The average Bonchev–Trinajstić information content (AvgIpc) is 2.27. The maximum atomic E-state index is 11.9. The smallest absolute Gasteiger partial charge is 0.300 e. The second-order valence-corrected chi connectivity index (χ2v) is 4.09. The van der Waals surface area contributed by atoms with E-state index in [1.165, 1.54) is 10.8 Å². The van der Waals surface area contributed by atoms with Gasteiger partial charge in [-0.1, -0.05) is 13.8 Å². The zero-order valence-corrected chi connectivity index (χ0v) is 10.7. The van der Waals surface area contributed by atoms with Gasteiger partial charge in [-0.05, 0) is 24.4 Å². The Labute approximate surface area is 104 Å². The molecule has 0 aromatic carbocycles. The Balaban J connectivity index is 3.52. The van der Waals surface area contributed by atoms with E-state index in [9.17, 15) is 14.4 Å². The molecule has 0 aliphatic rings. The molecule has 94 valence electrons. The highest BCUT2D eigenvalue weighted by atomic mass is 35.5. The van der Waals surface area contributed by atoms with E-state index >= 15 is 0 Å². The van der Waals surface area contributed by atoms with Gasteiger partial charge < -0.3 is 0 Å². The minimum atomic E-state index is -0.829. The molecule has 0 saturated carbocycles. The summed E-state index contributed by atoms with van der Waals surface area (Å²) < 4.78 is 2.41. The maximum absolute atomic E-state index is 11.9. The highest BCUT2D eigenvalue weighted by Crippen LogP contribution is 1.97. The third kappa shape index (κ3) is 2.85. The van der Waals surface area contributed by atoms with Crippen LogP contribution in [0.1, 0.15) is 37.0 Å². The van der Waals surface area contributed by atoms with Gasteiger partial charge in [-0.2, -0.15) is 0 Å². The first-order chi connectivity index (χ1) is 8.02. The normalized spacial score (nSPS) is 10.5. The van der Waals surface area contributed by atoms with Crippen molar-refractivity contribution in [2.24, 2.45) is 0 Å². The minimum absolute atomic E-state index is 0.145. The van der Waals surface area contributed by atoms with Crippen LogP contribution in [0.25, 0.3) is 0 Å². The minimum Gasteiger partial charge on any atom is -0.300 e. The molecule has 0 atom stereocenters. The predicted octanol–water partition coefficient (Wildman–Crippen LogP) is 1.21. The van der Waals surface area contributed by atoms with E-state index in [4.69, 9.17) is 11.6 Å². The van der Waals surface area contributed by atoms with Crippen LogP contribution in [-0.4, -0.2) is 14.4 Å². The second kappa shape index (κ2) is 5.82. The number of rotatable bonds is 5. The van der Waals surface area contributed by atoms with Crippen LogP contribution < -0.4 is 11.2 Å². The van der Waals surface area contributed by atoms with Gasteiger partial charge in [0.15, 0.2) is 0 Å². The van der Waals surface area contributed by atoms with Gasteiger partial charge in [0.1, 0.15) is 5.56 Å². The average molecular weight is 259 g/mol. The van der Waals surface area contributed by atoms with Crippen LogP contribution >= 0.6 is 11.6 Å². The summed E-state index contributed by atoms with van der Waals surface area (Å²) in [6.07, 6.45) is 2.62. The van der Waals surface area contributed by atoms with E-state index in [2.05, 4.69) is 0 Å². The number of hydrogen-bond acceptors (Lipinski definition) is 3. The molecular weight excluding hydrogens is 244 g/mol. The molecule has 0 aliphatic heterocycles. The number of hydrogen-bond donors (Lipinski definition) is 0. The second-order valence-electron chi connectivity index (χ2n) is 3.75. The van der Waals surface area contributed by atoms with Gasteiger partial charge in [0.2, 0.25) is 0 Å². The molecule has 1 aromatic rings. The van der Waals surface area contributed by atoms with Crippen LogP contribution in [0.2, 0.25) is 0 Å². The Morgan fingerprint density at radius 1 is 1.24 bits per heavy atom. The third-order valence-corrected chi connectivity index (χ3v) is 2.56. The molecule has 0 unspecified atom stereocenters. The molecular formula is C11H15ClN2O3. The molecule has 0 N–H and O–H groups in total. The first-order valence-corrected chi connectivity index (χ1v) is 5.94. The fourth-order valence-electron chi connectivity index (χ4n) is 1.61. The van der Waals surface area contributed by atoms with E-state index in [0.29, 0.717) is 19.5 Å². The first-order valence-electron chi connectivity index (χ1n) is 5.57. The number of aromatic nitrogens is 2. The Morgan fingerprint density at radius 3 is 2.29 bits per heavy atom. The number of aryl methyl sites for hydroxylation is 1. The summed E-state index contributed by atoms with van der Waals surface area (Å²) >= 11 is 5.34. The Kier molecular flexibility index (Phi) is 4.69. The summed E-state index contributed by atoms with van der Waals surface area (Å²) in [5, 5.41) is -0.829. The molecule has 0 spiro atoms. The van der Waals surface area contributed by atoms with Crippen molar-refractivity contribution in [1.29, 1.82) is 0 Å². The van der Waals surface area contributed by atoms with Crippen molar-refractivity contribution in [3.05, 3.63) is 32.6 Å². The highest BCUT2D eigenvalue weighted by molar-refractivity contribution is 6.67. The number of halogens is 1. The van der Waals surface area contributed by atoms with Crippen LogP contribution in [0.5, 0.6) is 0 Å². The van der Waals surface area contributed by atoms with Crippen molar-refractivity contribution in [2.45, 2.75) is 39.8 Å². The standard InChI is InChI=1S/C11H15ClN2O3/c1-3-5-13-7-8(9(12)15)10(16)14(6-4-2)11(13)17/h7H,3-6H2,1-2H3. The quantitative estimate of drug-likeness (QED) is 0.746. The molecule has 0 fully saturated rings. The summed E-state index contributed by atoms with van der Waals surface area (Å²) in [4.78, 5) is 34.9. The molecule has 17 heavy (non-hydrogen) atoms. The zero-order chi connectivity index (χ0) is 13.0. The van der Waals surface area contributed by atoms with Gasteiger partial charge in [-0.25, -0.2) is 4.79 Å². The first kappa shape index (κ1) is 13.7. The number of carbonyl (C=O) groups excluding carboxylic acids is 1. The molecule has 5 nitrogen and oxygen atoms in total. The van der Waals surface area contributed by atoms with Crippen molar-refractivity contribution in [3.8, 4) is 0 Å². The molecule has 1 heterocycles. The summed E-state index contributed by atoms with van der Waals surface area (Å²) in [6.45, 7) is 4.51. The van der Waals surface area contributed by atoms with Gasteiger partial charge in [0.25, 0.3) is 10.8 Å². The van der Waals surface area contributed by atoms with Crippen LogP contribution in [0.15, 0.2) is 15.8 Å². The van der Waals surface area contributed by atoms with E-state index in [0.717, 1.165) is 11.0 Å². The largest absolute Gasteiger partial charge is 0.330 e. The van der Waals surface area contributed by atoms with Crippen molar-refractivity contribution in [3.63, 3.8) is 0 Å². The molecule has 6 heteroatoms. The van der Waals surface area contributed by atoms with Gasteiger partial charge >= 0.3 is 5.69 Å². The van der Waals surface area contributed by atoms with E-state index in [1.807, 2.05) is 13.8 Å². The van der Waals surface area contributed by atoms with Crippen molar-refractivity contribution >= 4 is 16.8 Å². The molecule has 0 saturated heterocycles. The summed E-state index contributed by atoms with van der Waals surface area (Å²) in [5.41, 5.74) is -1.14. The number of nitrogens with zero attached hydrogens (tertiary/aromatic N) is 2. The van der Waals surface area contributed by atoms with E-state index in [1.54, 1.807) is 0 Å². The predicted molar refractivity (Wildman–Crippen MR) is 65.7 cm³/mol. The van der Waals surface area contributed by atoms with Gasteiger partial charge in [0.05, 0.1) is 0 Å². The van der Waals surface area contributed by atoms with Crippen LogP contribution in [0.4, 0.5) is 0 Å². The maximum Gasteiger partial charge on any atom is 0.330 e. The fraction of sp³-hybridized carbons (Fsp3) is 0.545. The molecule has 0 amide bonds. The van der Waals surface area contributed by atoms with Gasteiger partial charge in [-0.15, -0.1) is 0 Å². The summed E-state index contributed by atoms with van der Waals surface area (Å²) in [6, 6.07) is 0. The lowest BCUT2D eigenvalue weighted by atomic mass is 10.3. The van der Waals surface area contributed by atoms with Crippen molar-refractivity contribution in [2.75, 3.05) is 0 Å². The lowest BCUT2D eigenvalue weighted by molar-refractivity contribution is 0.107. The molecule has 0 aliphatic carbocycles. The van der Waals surface area contributed by atoms with Crippen LogP contribution in [0.3, 0.4) is 0 Å². The molecule has 1 rings (SSSR count). The van der Waals surface area contributed by atoms with Crippen LogP contribution in [-0.2, 0) is 13.1 Å².